The first-order valence-corrected chi connectivity index (χ1v) is 6.11. The number of halogens is 6. The lowest BCUT2D eigenvalue weighted by atomic mass is 9.95. The summed E-state index contributed by atoms with van der Waals surface area (Å²) < 4.78 is 78.0. The molecule has 0 unspecified atom stereocenters. The van der Waals surface area contributed by atoms with Crippen LogP contribution >= 0.6 is 0 Å². The van der Waals surface area contributed by atoms with Crippen molar-refractivity contribution in [3.8, 4) is 16.9 Å². The van der Waals surface area contributed by atoms with Gasteiger partial charge < -0.3 is 0 Å². The van der Waals surface area contributed by atoms with Gasteiger partial charge in [0.1, 0.15) is 11.6 Å². The number of rotatable bonds is 2. The maximum Gasteiger partial charge on any atom is 0.419 e. The first-order valence-electron chi connectivity index (χ1n) is 6.11. The van der Waals surface area contributed by atoms with Gasteiger partial charge in [0.2, 0.25) is 0 Å². The fraction of sp³-hybridized carbons (Fsp3) is 0.200. The molecule has 0 saturated heterocycles. The highest BCUT2D eigenvalue weighted by Gasteiger charge is 2.36. The fourth-order valence-electron chi connectivity index (χ4n) is 2.37. The van der Waals surface area contributed by atoms with Crippen molar-refractivity contribution in [2.75, 3.05) is 0 Å². The van der Waals surface area contributed by atoms with Gasteiger partial charge in [0.05, 0.1) is 5.56 Å². The maximum absolute atomic E-state index is 14.0. The van der Waals surface area contributed by atoms with Gasteiger partial charge in [0, 0.05) is 16.2 Å². The van der Waals surface area contributed by atoms with Crippen molar-refractivity contribution in [3.05, 3.63) is 52.6 Å². The third-order valence-electron chi connectivity index (χ3n) is 3.21. The number of hydrogen-bond acceptors (Lipinski definition) is 1. The van der Waals surface area contributed by atoms with E-state index in [-0.39, 0.29) is 28.0 Å². The van der Waals surface area contributed by atoms with E-state index in [0.29, 0.717) is 6.07 Å². The van der Waals surface area contributed by atoms with E-state index in [4.69, 9.17) is 0 Å². The van der Waals surface area contributed by atoms with Gasteiger partial charge in [-0.1, -0.05) is 6.07 Å². The molecule has 0 atom stereocenters. The Morgan fingerprint density at radius 2 is 1.50 bits per heavy atom. The van der Waals surface area contributed by atoms with Crippen LogP contribution in [0.4, 0.5) is 26.5 Å². The van der Waals surface area contributed by atoms with Crippen LogP contribution in [-0.2, 0) is 6.18 Å². The molecule has 0 bridgehead atoms. The highest BCUT2D eigenvalue weighted by atomic mass is 19.4. The molecule has 0 N–H and O–H groups in total. The van der Waals surface area contributed by atoms with Crippen LogP contribution < -0.4 is 4.94 Å². The van der Waals surface area contributed by atoms with Gasteiger partial charge in [-0.15, -0.1) is 0 Å². The fourth-order valence-corrected chi connectivity index (χ4v) is 2.37. The van der Waals surface area contributed by atoms with E-state index in [9.17, 15) is 26.5 Å². The van der Waals surface area contributed by atoms with Crippen LogP contribution in [0.1, 0.15) is 16.7 Å². The second kappa shape index (κ2) is 5.55. The van der Waals surface area contributed by atoms with Crippen LogP contribution in [0.25, 0.3) is 11.1 Å². The predicted molar refractivity (Wildman–Crippen MR) is 68.0 cm³/mol. The second-order valence-corrected chi connectivity index (χ2v) is 4.82. The van der Waals surface area contributed by atoms with Crippen LogP contribution in [-0.4, -0.2) is 0 Å². The number of alkyl halides is 3. The summed E-state index contributed by atoms with van der Waals surface area (Å²) in [6.45, 7) is 2.49. The summed E-state index contributed by atoms with van der Waals surface area (Å²) in [4.78, 5) is 3.42. The monoisotopic (exact) mass is 320 g/mol. The number of benzene rings is 2. The lowest BCUT2D eigenvalue weighted by Crippen LogP contribution is -2.11. The molecule has 0 radical (unpaired) electrons. The van der Waals surface area contributed by atoms with Crippen LogP contribution in [0.5, 0.6) is 5.75 Å². The van der Waals surface area contributed by atoms with E-state index < -0.39 is 23.4 Å². The molecule has 7 heteroatoms. The molecule has 1 nitrogen and oxygen atoms in total. The largest absolute Gasteiger partial charge is 0.419 e. The summed E-state index contributed by atoms with van der Waals surface area (Å²) in [7, 11) is 0. The summed E-state index contributed by atoms with van der Waals surface area (Å²) in [5.74, 6) is -2.80. The van der Waals surface area contributed by atoms with E-state index in [2.05, 4.69) is 4.94 Å². The van der Waals surface area contributed by atoms with Crippen molar-refractivity contribution in [1.82, 2.24) is 0 Å². The first kappa shape index (κ1) is 16.2. The second-order valence-electron chi connectivity index (χ2n) is 4.82. The van der Waals surface area contributed by atoms with Gasteiger partial charge in [-0.25, -0.2) is 8.78 Å². The molecule has 2 aromatic rings. The Balaban J connectivity index is 2.66. The molecule has 0 heterocycles. The molecule has 0 aromatic heterocycles. The molecule has 0 aliphatic heterocycles. The highest BCUT2D eigenvalue weighted by molar-refractivity contribution is 5.70. The molecule has 0 aliphatic rings. The molecule has 0 fully saturated rings. The number of hydrogen-bond donors (Lipinski definition) is 0. The Bertz CT molecular complexity index is 674. The van der Waals surface area contributed by atoms with Crippen LogP contribution in [0, 0.1) is 25.5 Å². The molecule has 118 valence electrons. The average Bonchev–Trinajstić information content (AvgIpc) is 2.35. The topological polar surface area (TPSA) is 9.23 Å². The Kier molecular flexibility index (Phi) is 4.08. The number of aryl methyl sites for hydroxylation is 2. The Morgan fingerprint density at radius 3 is 1.95 bits per heavy atom. The Hall–Kier alpha value is -2.18. The lowest BCUT2D eigenvalue weighted by molar-refractivity contribution is -0.140. The molecule has 2 rings (SSSR count). The minimum absolute atomic E-state index is 0.0663. The van der Waals surface area contributed by atoms with Crippen molar-refractivity contribution in [2.45, 2.75) is 20.0 Å². The molecule has 2 aromatic carbocycles. The molecular weight excluding hydrogens is 310 g/mol. The van der Waals surface area contributed by atoms with Crippen molar-refractivity contribution < 1.29 is 31.4 Å². The van der Waals surface area contributed by atoms with E-state index in [1.807, 2.05) is 0 Å². The summed E-state index contributed by atoms with van der Waals surface area (Å²) in [6, 6.07) is 3.53. The summed E-state index contributed by atoms with van der Waals surface area (Å²) in [5, 5.41) is 0. The average molecular weight is 320 g/mol. The smallest absolute Gasteiger partial charge is 0.294 e. The summed E-state index contributed by atoms with van der Waals surface area (Å²) in [5.41, 5.74) is -1.74. The van der Waals surface area contributed by atoms with Gasteiger partial charge in [-0.3, -0.25) is 4.94 Å². The summed E-state index contributed by atoms with van der Waals surface area (Å²) in [6.07, 6.45) is -4.84. The van der Waals surface area contributed by atoms with E-state index in [1.165, 1.54) is 6.92 Å². The van der Waals surface area contributed by atoms with Crippen LogP contribution in [0.3, 0.4) is 0 Å². The summed E-state index contributed by atoms with van der Waals surface area (Å²) >= 11 is 0. The van der Waals surface area contributed by atoms with Gasteiger partial charge in [0.15, 0.2) is 5.75 Å². The quantitative estimate of drug-likeness (QED) is 0.661. The minimum Gasteiger partial charge on any atom is -0.294 e. The predicted octanol–water partition coefficient (Wildman–Crippen LogP) is 5.53. The van der Waals surface area contributed by atoms with Crippen molar-refractivity contribution in [1.29, 1.82) is 0 Å². The third kappa shape index (κ3) is 2.88. The van der Waals surface area contributed by atoms with Gasteiger partial charge in [-0.05, 0) is 42.7 Å². The molecule has 0 saturated carbocycles. The van der Waals surface area contributed by atoms with Crippen molar-refractivity contribution in [2.24, 2.45) is 0 Å². The lowest BCUT2D eigenvalue weighted by Gasteiger charge is -2.15. The highest BCUT2D eigenvalue weighted by Crippen LogP contribution is 2.38. The zero-order valence-electron chi connectivity index (χ0n) is 11.5. The minimum atomic E-state index is -4.84. The van der Waals surface area contributed by atoms with Gasteiger partial charge in [0.25, 0.3) is 0 Å². The SMILES string of the molecule is Cc1cc(OF)cc(F)c1-c1cc(C)c(C(F)(F)F)c(F)c1. The normalized spacial score (nSPS) is 11.6. The van der Waals surface area contributed by atoms with E-state index in [1.54, 1.807) is 0 Å². The molecular formula is C15H10F6O. The molecule has 22 heavy (non-hydrogen) atoms. The Morgan fingerprint density at radius 1 is 0.864 bits per heavy atom. The van der Waals surface area contributed by atoms with Crippen LogP contribution in [0.15, 0.2) is 24.3 Å². The van der Waals surface area contributed by atoms with E-state index >= 15 is 0 Å². The molecule has 0 amide bonds. The van der Waals surface area contributed by atoms with Crippen LogP contribution in [0.2, 0.25) is 0 Å². The molecule has 0 aliphatic carbocycles. The van der Waals surface area contributed by atoms with Gasteiger partial charge >= 0.3 is 6.18 Å². The maximum atomic E-state index is 14.0. The standard InChI is InChI=1S/C15H10F6O/c1-7-4-10(22-21)6-11(16)13(7)9-3-8(2)14(12(17)5-9)15(18,19)20/h3-6H,1-2H3. The zero-order chi connectivity index (χ0) is 16.7. The van der Waals surface area contributed by atoms with Crippen molar-refractivity contribution in [3.63, 3.8) is 0 Å². The van der Waals surface area contributed by atoms with E-state index in [0.717, 1.165) is 25.1 Å². The van der Waals surface area contributed by atoms with Gasteiger partial charge in [-0.2, -0.15) is 13.2 Å². The first-order chi connectivity index (χ1) is 10.1. The Labute approximate surface area is 122 Å². The van der Waals surface area contributed by atoms with Crippen molar-refractivity contribution >= 4 is 0 Å². The third-order valence-corrected chi connectivity index (χ3v) is 3.21. The molecule has 0 spiro atoms. The zero-order valence-corrected chi connectivity index (χ0v) is 11.5.